The van der Waals surface area contributed by atoms with Crippen molar-refractivity contribution in [1.82, 2.24) is 4.57 Å². The van der Waals surface area contributed by atoms with E-state index in [1.54, 1.807) is 7.11 Å². The minimum atomic E-state index is -0.637. The lowest BCUT2D eigenvalue weighted by Gasteiger charge is -2.07. The molecule has 2 N–H and O–H groups in total. The zero-order chi connectivity index (χ0) is 14.5. The molecule has 1 atom stereocenters. The van der Waals surface area contributed by atoms with Crippen LogP contribution in [-0.4, -0.2) is 37.4 Å². The highest BCUT2D eigenvalue weighted by Gasteiger charge is 2.17. The van der Waals surface area contributed by atoms with E-state index in [1.165, 1.54) is 7.11 Å². The summed E-state index contributed by atoms with van der Waals surface area (Å²) in [6.45, 7) is 1.41. The third-order valence-electron chi connectivity index (χ3n) is 3.35. The van der Waals surface area contributed by atoms with Gasteiger partial charge in [0.25, 0.3) is 0 Å². The Morgan fingerprint density at radius 3 is 2.80 bits per heavy atom. The van der Waals surface area contributed by atoms with Crippen molar-refractivity contribution in [2.24, 2.45) is 5.73 Å². The first-order chi connectivity index (χ1) is 9.67. The van der Waals surface area contributed by atoms with Gasteiger partial charge in [-0.2, -0.15) is 0 Å². The van der Waals surface area contributed by atoms with Crippen LogP contribution in [0.3, 0.4) is 0 Å². The van der Waals surface area contributed by atoms with Gasteiger partial charge in [-0.15, -0.1) is 0 Å². The molecule has 0 fully saturated rings. The summed E-state index contributed by atoms with van der Waals surface area (Å²) in [6.07, 6.45) is 2.50. The fraction of sp³-hybridized carbons (Fsp3) is 0.400. The van der Waals surface area contributed by atoms with E-state index < -0.39 is 12.0 Å². The molecule has 0 amide bonds. The molecule has 0 radical (unpaired) electrons. The van der Waals surface area contributed by atoms with E-state index in [-0.39, 0.29) is 0 Å². The van der Waals surface area contributed by atoms with Crippen LogP contribution in [0.5, 0.6) is 0 Å². The van der Waals surface area contributed by atoms with Crippen LogP contribution in [0.15, 0.2) is 30.5 Å². The molecule has 2 aromatic rings. The number of aromatic nitrogens is 1. The topological polar surface area (TPSA) is 66.5 Å². The number of carbonyl (C=O) groups excluding carboxylic acids is 1. The zero-order valence-corrected chi connectivity index (χ0v) is 11.8. The summed E-state index contributed by atoms with van der Waals surface area (Å²) in [5.41, 5.74) is 8.02. The first kappa shape index (κ1) is 14.6. The van der Waals surface area contributed by atoms with Gasteiger partial charge in [0.15, 0.2) is 0 Å². The maximum Gasteiger partial charge on any atom is 0.322 e. The van der Waals surface area contributed by atoms with Crippen molar-refractivity contribution in [2.75, 3.05) is 20.8 Å². The standard InChI is InChI=1S/C15H20N2O3/c1-19-8-7-17-10-11(9-13(16)15(18)20-2)12-5-3-4-6-14(12)17/h3-6,10,13H,7-9,16H2,1-2H3. The molecule has 5 nitrogen and oxygen atoms in total. The van der Waals surface area contributed by atoms with E-state index in [2.05, 4.69) is 15.4 Å². The Balaban J connectivity index is 2.31. The van der Waals surface area contributed by atoms with Gasteiger partial charge in [0.1, 0.15) is 6.04 Å². The fourth-order valence-corrected chi connectivity index (χ4v) is 2.33. The molecule has 0 spiro atoms. The summed E-state index contributed by atoms with van der Waals surface area (Å²) in [4.78, 5) is 11.5. The summed E-state index contributed by atoms with van der Waals surface area (Å²) in [5, 5.41) is 1.11. The van der Waals surface area contributed by atoms with E-state index in [9.17, 15) is 4.79 Å². The van der Waals surface area contributed by atoms with Crippen LogP contribution >= 0.6 is 0 Å². The number of ether oxygens (including phenoxy) is 2. The van der Waals surface area contributed by atoms with Gasteiger partial charge in [-0.05, 0) is 11.6 Å². The maximum absolute atomic E-state index is 11.5. The van der Waals surface area contributed by atoms with Crippen molar-refractivity contribution in [3.8, 4) is 0 Å². The highest BCUT2D eigenvalue weighted by Crippen LogP contribution is 2.22. The largest absolute Gasteiger partial charge is 0.468 e. The van der Waals surface area contributed by atoms with Gasteiger partial charge in [0.2, 0.25) is 0 Å². The third-order valence-corrected chi connectivity index (χ3v) is 3.35. The number of methoxy groups -OCH3 is 2. The Morgan fingerprint density at radius 2 is 2.10 bits per heavy atom. The normalized spacial score (nSPS) is 12.6. The average molecular weight is 276 g/mol. The number of fused-ring (bicyclic) bond motifs is 1. The summed E-state index contributed by atoms with van der Waals surface area (Å²) >= 11 is 0. The third kappa shape index (κ3) is 3.00. The van der Waals surface area contributed by atoms with E-state index in [0.29, 0.717) is 13.0 Å². The molecule has 108 valence electrons. The number of para-hydroxylation sites is 1. The quantitative estimate of drug-likeness (QED) is 0.808. The number of carbonyl (C=O) groups is 1. The molecule has 2 rings (SSSR count). The highest BCUT2D eigenvalue weighted by atomic mass is 16.5. The summed E-state index contributed by atoms with van der Waals surface area (Å²) < 4.78 is 11.9. The number of nitrogens with two attached hydrogens (primary N) is 1. The van der Waals surface area contributed by atoms with Gasteiger partial charge in [0.05, 0.1) is 13.7 Å². The summed E-state index contributed by atoms with van der Waals surface area (Å²) in [5.74, 6) is -0.390. The number of hydrogen-bond acceptors (Lipinski definition) is 4. The second-order valence-electron chi connectivity index (χ2n) is 4.69. The molecule has 20 heavy (non-hydrogen) atoms. The Morgan fingerprint density at radius 1 is 1.35 bits per heavy atom. The molecule has 1 heterocycles. The zero-order valence-electron chi connectivity index (χ0n) is 11.8. The molecule has 0 bridgehead atoms. The summed E-state index contributed by atoms with van der Waals surface area (Å²) in [6, 6.07) is 7.43. The molecule has 1 aromatic carbocycles. The lowest BCUT2D eigenvalue weighted by Crippen LogP contribution is -2.33. The van der Waals surface area contributed by atoms with Crippen molar-refractivity contribution in [1.29, 1.82) is 0 Å². The molecule has 1 unspecified atom stereocenters. The highest BCUT2D eigenvalue weighted by molar-refractivity contribution is 5.85. The van der Waals surface area contributed by atoms with Gasteiger partial charge < -0.3 is 19.8 Å². The first-order valence-electron chi connectivity index (χ1n) is 6.56. The lowest BCUT2D eigenvalue weighted by atomic mass is 10.1. The Kier molecular flexibility index (Phi) is 4.76. The maximum atomic E-state index is 11.5. The number of benzene rings is 1. The molecular weight excluding hydrogens is 256 g/mol. The molecule has 0 saturated heterocycles. The lowest BCUT2D eigenvalue weighted by molar-refractivity contribution is -0.142. The van der Waals surface area contributed by atoms with Gasteiger partial charge in [-0.25, -0.2) is 0 Å². The molecule has 0 aliphatic rings. The predicted octanol–water partition coefficient (Wildman–Crippen LogP) is 1.33. The van der Waals surface area contributed by atoms with Crippen LogP contribution < -0.4 is 5.73 Å². The van der Waals surface area contributed by atoms with Gasteiger partial charge in [-0.3, -0.25) is 4.79 Å². The monoisotopic (exact) mass is 276 g/mol. The van der Waals surface area contributed by atoms with Crippen LogP contribution in [0, 0.1) is 0 Å². The van der Waals surface area contributed by atoms with Crippen LogP contribution in [0.1, 0.15) is 5.56 Å². The second kappa shape index (κ2) is 6.54. The molecule has 0 aliphatic heterocycles. The van der Waals surface area contributed by atoms with Gasteiger partial charge >= 0.3 is 5.97 Å². The van der Waals surface area contributed by atoms with E-state index in [0.717, 1.165) is 23.0 Å². The number of rotatable bonds is 6. The Bertz CT molecular complexity index is 592. The van der Waals surface area contributed by atoms with Crippen molar-refractivity contribution < 1.29 is 14.3 Å². The van der Waals surface area contributed by atoms with Crippen LogP contribution in [-0.2, 0) is 27.2 Å². The Labute approximate surface area is 118 Å². The molecular formula is C15H20N2O3. The van der Waals surface area contributed by atoms with Crippen molar-refractivity contribution in [2.45, 2.75) is 19.0 Å². The SMILES string of the molecule is COCCn1cc(CC(N)C(=O)OC)c2ccccc21. The number of esters is 1. The second-order valence-corrected chi connectivity index (χ2v) is 4.69. The molecule has 0 aliphatic carbocycles. The summed E-state index contributed by atoms with van der Waals surface area (Å²) in [7, 11) is 3.03. The number of nitrogens with zero attached hydrogens (tertiary/aromatic N) is 1. The van der Waals surface area contributed by atoms with Gasteiger partial charge in [-0.1, -0.05) is 18.2 Å². The van der Waals surface area contributed by atoms with Crippen LogP contribution in [0.2, 0.25) is 0 Å². The molecule has 5 heteroatoms. The predicted molar refractivity (Wildman–Crippen MR) is 77.5 cm³/mol. The van der Waals surface area contributed by atoms with Crippen molar-refractivity contribution >= 4 is 16.9 Å². The van der Waals surface area contributed by atoms with Crippen LogP contribution in [0.4, 0.5) is 0 Å². The first-order valence-corrected chi connectivity index (χ1v) is 6.56. The fourth-order valence-electron chi connectivity index (χ4n) is 2.33. The van der Waals surface area contributed by atoms with Gasteiger partial charge in [0, 0.05) is 37.2 Å². The minimum Gasteiger partial charge on any atom is -0.468 e. The number of hydrogen-bond donors (Lipinski definition) is 1. The van der Waals surface area contributed by atoms with Crippen LogP contribution in [0.25, 0.3) is 10.9 Å². The molecule has 1 aromatic heterocycles. The van der Waals surface area contributed by atoms with E-state index >= 15 is 0 Å². The average Bonchev–Trinajstić information content (AvgIpc) is 2.82. The smallest absolute Gasteiger partial charge is 0.322 e. The Hall–Kier alpha value is -1.85. The van der Waals surface area contributed by atoms with E-state index in [4.69, 9.17) is 10.5 Å². The van der Waals surface area contributed by atoms with Crippen molar-refractivity contribution in [3.63, 3.8) is 0 Å². The van der Waals surface area contributed by atoms with Crippen molar-refractivity contribution in [3.05, 3.63) is 36.0 Å². The molecule has 0 saturated carbocycles. The minimum absolute atomic E-state index is 0.390. The van der Waals surface area contributed by atoms with E-state index in [1.807, 2.05) is 24.4 Å².